The quantitative estimate of drug-likeness (QED) is 0.632. The second-order valence-electron chi connectivity index (χ2n) is 11.6. The maximum absolute atomic E-state index is 13.7. The Bertz CT molecular complexity index is 1060. The summed E-state index contributed by atoms with van der Waals surface area (Å²) in [6.07, 6.45) is 4.81. The molecule has 0 radical (unpaired) electrons. The SMILES string of the molecule is COc1cc2c(cc1CC(C)C)-n1c(C3CCN(C)CC3)nc(C(=O)N(C)C(C)(C)C)c1CC2. The van der Waals surface area contributed by atoms with Gasteiger partial charge in [-0.05, 0) is 102 Å². The number of piperidine rings is 1. The summed E-state index contributed by atoms with van der Waals surface area (Å²) in [6.45, 7) is 12.8. The van der Waals surface area contributed by atoms with E-state index in [0.717, 1.165) is 62.5 Å². The van der Waals surface area contributed by atoms with E-state index in [0.29, 0.717) is 17.5 Å². The lowest BCUT2D eigenvalue weighted by molar-refractivity contribution is 0.0648. The molecule has 2 aliphatic heterocycles. The third-order valence-corrected chi connectivity index (χ3v) is 7.58. The normalized spacial score (nSPS) is 17.0. The second kappa shape index (κ2) is 9.37. The Balaban J connectivity index is 1.88. The summed E-state index contributed by atoms with van der Waals surface area (Å²) >= 11 is 0. The summed E-state index contributed by atoms with van der Waals surface area (Å²) in [5.41, 5.74) is 5.16. The van der Waals surface area contributed by atoms with E-state index in [1.54, 1.807) is 7.11 Å². The number of imidazole rings is 1. The number of aromatic nitrogens is 2. The zero-order valence-electron chi connectivity index (χ0n) is 22.4. The molecule has 2 aromatic rings. The minimum atomic E-state index is -0.258. The molecule has 0 bridgehead atoms. The molecule has 0 atom stereocenters. The Morgan fingerprint density at radius 2 is 1.88 bits per heavy atom. The van der Waals surface area contributed by atoms with Crippen LogP contribution in [0.1, 0.15) is 86.5 Å². The van der Waals surface area contributed by atoms with Crippen molar-refractivity contribution in [1.29, 1.82) is 0 Å². The minimum absolute atomic E-state index is 0.0230. The van der Waals surface area contributed by atoms with Gasteiger partial charge in [-0.15, -0.1) is 0 Å². The van der Waals surface area contributed by atoms with E-state index in [2.05, 4.69) is 63.3 Å². The van der Waals surface area contributed by atoms with Gasteiger partial charge in [0.05, 0.1) is 18.5 Å². The van der Waals surface area contributed by atoms with Gasteiger partial charge in [0.1, 0.15) is 17.3 Å². The van der Waals surface area contributed by atoms with Crippen molar-refractivity contribution in [3.8, 4) is 11.4 Å². The lowest BCUT2D eigenvalue weighted by Crippen LogP contribution is -2.43. The Morgan fingerprint density at radius 1 is 1.21 bits per heavy atom. The van der Waals surface area contributed by atoms with Crippen LogP contribution < -0.4 is 4.74 Å². The fraction of sp³-hybridized carbons (Fsp3) is 0.643. The van der Waals surface area contributed by atoms with Crippen molar-refractivity contribution in [2.45, 2.75) is 78.2 Å². The first-order valence-corrected chi connectivity index (χ1v) is 12.8. The van der Waals surface area contributed by atoms with Crippen molar-refractivity contribution in [3.63, 3.8) is 0 Å². The summed E-state index contributed by atoms with van der Waals surface area (Å²) in [5.74, 6) is 2.95. The first-order valence-electron chi connectivity index (χ1n) is 12.8. The zero-order chi connectivity index (χ0) is 24.8. The summed E-state index contributed by atoms with van der Waals surface area (Å²) < 4.78 is 8.13. The molecular weight excluding hydrogens is 424 g/mol. The van der Waals surface area contributed by atoms with Crippen LogP contribution >= 0.6 is 0 Å². The van der Waals surface area contributed by atoms with E-state index in [-0.39, 0.29) is 11.4 Å². The molecule has 0 unspecified atom stereocenters. The van der Waals surface area contributed by atoms with Crippen molar-refractivity contribution in [3.05, 3.63) is 40.5 Å². The number of hydrogen-bond donors (Lipinski definition) is 0. The molecule has 6 nitrogen and oxygen atoms in total. The van der Waals surface area contributed by atoms with Crippen molar-refractivity contribution < 1.29 is 9.53 Å². The topological polar surface area (TPSA) is 50.6 Å². The monoisotopic (exact) mass is 466 g/mol. The van der Waals surface area contributed by atoms with Crippen LogP contribution in [-0.2, 0) is 19.3 Å². The van der Waals surface area contributed by atoms with Crippen LogP contribution in [0.4, 0.5) is 0 Å². The van der Waals surface area contributed by atoms with E-state index in [1.807, 2.05) is 11.9 Å². The predicted molar refractivity (Wildman–Crippen MR) is 137 cm³/mol. The molecule has 6 heteroatoms. The second-order valence-corrected chi connectivity index (χ2v) is 11.6. The van der Waals surface area contributed by atoms with Crippen molar-refractivity contribution in [2.24, 2.45) is 5.92 Å². The van der Waals surface area contributed by atoms with Gasteiger partial charge in [-0.3, -0.25) is 9.36 Å². The summed E-state index contributed by atoms with van der Waals surface area (Å²) in [6, 6.07) is 4.52. The first kappa shape index (κ1) is 24.8. The summed E-state index contributed by atoms with van der Waals surface area (Å²) in [4.78, 5) is 23.0. The lowest BCUT2D eigenvalue weighted by Gasteiger charge is -2.32. The fourth-order valence-electron chi connectivity index (χ4n) is 5.25. The molecule has 4 rings (SSSR count). The molecule has 1 saturated heterocycles. The van der Waals surface area contributed by atoms with E-state index in [9.17, 15) is 4.79 Å². The van der Waals surface area contributed by atoms with Gasteiger partial charge in [-0.25, -0.2) is 4.98 Å². The number of amides is 1. The Labute approximate surface area is 205 Å². The molecule has 1 amide bonds. The molecule has 1 aromatic carbocycles. The number of rotatable bonds is 5. The number of carbonyl (C=O) groups excluding carboxylic acids is 1. The van der Waals surface area contributed by atoms with E-state index in [4.69, 9.17) is 9.72 Å². The minimum Gasteiger partial charge on any atom is -0.496 e. The molecule has 2 aliphatic rings. The van der Waals surface area contributed by atoms with Gasteiger partial charge in [0.2, 0.25) is 0 Å². The van der Waals surface area contributed by atoms with Gasteiger partial charge in [0.15, 0.2) is 0 Å². The third kappa shape index (κ3) is 4.61. The van der Waals surface area contributed by atoms with E-state index >= 15 is 0 Å². The van der Waals surface area contributed by atoms with Gasteiger partial charge >= 0.3 is 0 Å². The average molecular weight is 467 g/mol. The molecule has 34 heavy (non-hydrogen) atoms. The predicted octanol–water partition coefficient (Wildman–Crippen LogP) is 4.86. The third-order valence-electron chi connectivity index (χ3n) is 7.58. The zero-order valence-corrected chi connectivity index (χ0v) is 22.4. The standard InChI is InChI=1S/C28H42N4O2/c1-18(2)15-21-16-23-20(17-24(21)34-8)9-10-22-25(27(33)31(7)28(3,4)5)29-26(32(22)23)19-11-13-30(6)14-12-19/h16-19H,9-15H2,1-8H3. The molecule has 0 saturated carbocycles. The number of carbonyl (C=O) groups is 1. The highest BCUT2D eigenvalue weighted by molar-refractivity contribution is 5.94. The maximum atomic E-state index is 13.7. The smallest absolute Gasteiger partial charge is 0.274 e. The van der Waals surface area contributed by atoms with Crippen molar-refractivity contribution >= 4 is 5.91 Å². The number of fused-ring (bicyclic) bond motifs is 3. The first-order chi connectivity index (χ1) is 16.0. The van der Waals surface area contributed by atoms with Gasteiger partial charge in [-0.2, -0.15) is 0 Å². The molecular formula is C28H42N4O2. The molecule has 186 valence electrons. The molecule has 1 aromatic heterocycles. The van der Waals surface area contributed by atoms with Crippen LogP contribution in [0.2, 0.25) is 0 Å². The van der Waals surface area contributed by atoms with Gasteiger partial charge in [-0.1, -0.05) is 13.8 Å². The van der Waals surface area contributed by atoms with Crippen LogP contribution in [0.5, 0.6) is 5.75 Å². The fourth-order valence-corrected chi connectivity index (χ4v) is 5.25. The number of hydrogen-bond acceptors (Lipinski definition) is 4. The number of aryl methyl sites for hydroxylation is 1. The van der Waals surface area contributed by atoms with Crippen molar-refractivity contribution in [1.82, 2.24) is 19.4 Å². The van der Waals surface area contributed by atoms with Crippen LogP contribution in [-0.4, -0.2) is 65.1 Å². The number of nitrogens with zero attached hydrogens (tertiary/aromatic N) is 4. The van der Waals surface area contributed by atoms with Crippen LogP contribution in [0, 0.1) is 5.92 Å². The number of likely N-dealkylation sites (tertiary alicyclic amines) is 1. The Kier molecular flexibility index (Phi) is 6.83. The summed E-state index contributed by atoms with van der Waals surface area (Å²) in [5, 5.41) is 0. The van der Waals surface area contributed by atoms with E-state index in [1.165, 1.54) is 16.8 Å². The molecule has 1 fully saturated rings. The van der Waals surface area contributed by atoms with Crippen LogP contribution in [0.3, 0.4) is 0 Å². The lowest BCUT2D eigenvalue weighted by atomic mass is 9.92. The summed E-state index contributed by atoms with van der Waals surface area (Å²) in [7, 11) is 5.84. The number of ether oxygens (including phenoxy) is 1. The van der Waals surface area contributed by atoms with Crippen molar-refractivity contribution in [2.75, 3.05) is 34.3 Å². The highest BCUT2D eigenvalue weighted by Crippen LogP contribution is 2.38. The Hall–Kier alpha value is -2.34. The van der Waals surface area contributed by atoms with Gasteiger partial charge < -0.3 is 14.5 Å². The highest BCUT2D eigenvalue weighted by Gasteiger charge is 2.35. The van der Waals surface area contributed by atoms with Crippen LogP contribution in [0.15, 0.2) is 12.1 Å². The number of methoxy groups -OCH3 is 1. The molecule has 0 N–H and O–H groups in total. The molecule has 3 heterocycles. The maximum Gasteiger partial charge on any atom is 0.274 e. The van der Waals surface area contributed by atoms with Crippen LogP contribution in [0.25, 0.3) is 5.69 Å². The highest BCUT2D eigenvalue weighted by atomic mass is 16.5. The average Bonchev–Trinajstić information content (AvgIpc) is 3.17. The van der Waals surface area contributed by atoms with E-state index < -0.39 is 0 Å². The Morgan fingerprint density at radius 3 is 2.47 bits per heavy atom. The van der Waals surface area contributed by atoms with Gasteiger partial charge in [0, 0.05) is 18.5 Å². The largest absolute Gasteiger partial charge is 0.496 e. The molecule has 0 spiro atoms. The van der Waals surface area contributed by atoms with Gasteiger partial charge in [0.25, 0.3) is 5.91 Å². The molecule has 0 aliphatic carbocycles. The number of benzene rings is 1.